The Hall–Kier alpha value is -4.76. The molecule has 44 heavy (non-hydrogen) atoms. The lowest BCUT2D eigenvalue weighted by molar-refractivity contribution is -0.131. The second-order valence-corrected chi connectivity index (χ2v) is 12.5. The van der Waals surface area contributed by atoms with E-state index in [9.17, 15) is 34.2 Å². The zero-order valence-electron chi connectivity index (χ0n) is 23.5. The lowest BCUT2D eigenvalue weighted by Crippen LogP contribution is -2.48. The number of phenolic OH excluding ortho intramolecular Hbond substituents is 1. The summed E-state index contributed by atoms with van der Waals surface area (Å²) in [5.41, 5.74) is 0.310. The molecule has 3 fully saturated rings. The van der Waals surface area contributed by atoms with Crippen molar-refractivity contribution in [3.8, 4) is 5.75 Å². The van der Waals surface area contributed by atoms with Gasteiger partial charge in [-0.15, -0.1) is 0 Å². The molecule has 2 N–H and O–H groups in total. The van der Waals surface area contributed by atoms with Gasteiger partial charge >= 0.3 is 5.97 Å². The van der Waals surface area contributed by atoms with Crippen LogP contribution in [0.25, 0.3) is 0 Å². The summed E-state index contributed by atoms with van der Waals surface area (Å²) >= 11 is 6.40. The van der Waals surface area contributed by atoms with Crippen molar-refractivity contribution in [2.75, 3.05) is 9.80 Å². The molecule has 2 saturated heterocycles. The van der Waals surface area contributed by atoms with Crippen molar-refractivity contribution >= 4 is 52.6 Å². The molecule has 9 nitrogen and oxygen atoms in total. The molecule has 7 rings (SSSR count). The molecule has 2 aliphatic heterocycles. The quantitative estimate of drug-likeness (QED) is 0.307. The zero-order valence-corrected chi connectivity index (χ0v) is 24.3. The molecule has 4 aliphatic rings. The third kappa shape index (κ3) is 3.81. The highest BCUT2D eigenvalue weighted by Gasteiger charge is 2.68. The van der Waals surface area contributed by atoms with Gasteiger partial charge in [0.25, 0.3) is 0 Å². The number of carbonyl (C=O) groups is 5. The summed E-state index contributed by atoms with van der Waals surface area (Å²) in [7, 11) is 0. The first kappa shape index (κ1) is 28.0. The fourth-order valence-corrected chi connectivity index (χ4v) is 8.15. The lowest BCUT2D eigenvalue weighted by Gasteiger charge is -2.49. The molecule has 2 heterocycles. The highest BCUT2D eigenvalue weighted by molar-refractivity contribution is 6.30. The lowest BCUT2D eigenvalue weighted by atomic mass is 9.51. The number of halogens is 1. The molecule has 0 spiro atoms. The number of imide groups is 2. The van der Waals surface area contributed by atoms with Crippen molar-refractivity contribution in [2.45, 2.75) is 25.7 Å². The summed E-state index contributed by atoms with van der Waals surface area (Å²) in [6, 6.07) is 18.9. The predicted molar refractivity (Wildman–Crippen MR) is 160 cm³/mol. The average Bonchev–Trinajstić information content (AvgIpc) is 3.38. The van der Waals surface area contributed by atoms with E-state index in [0.717, 1.165) is 4.90 Å². The van der Waals surface area contributed by atoms with Gasteiger partial charge in [0.15, 0.2) is 0 Å². The van der Waals surface area contributed by atoms with Crippen molar-refractivity contribution in [3.05, 3.63) is 101 Å². The van der Waals surface area contributed by atoms with Crippen LogP contribution in [0.5, 0.6) is 5.75 Å². The van der Waals surface area contributed by atoms with Gasteiger partial charge in [-0.05, 0) is 74.2 Å². The zero-order chi connectivity index (χ0) is 31.1. The largest absolute Gasteiger partial charge is 0.508 e. The average molecular weight is 611 g/mol. The van der Waals surface area contributed by atoms with Crippen molar-refractivity contribution in [2.24, 2.45) is 29.1 Å². The van der Waals surface area contributed by atoms with Gasteiger partial charge in [-0.3, -0.25) is 24.1 Å². The van der Waals surface area contributed by atoms with Crippen LogP contribution in [0, 0.1) is 29.1 Å². The number of fused-ring (bicyclic) bond motifs is 4. The van der Waals surface area contributed by atoms with Gasteiger partial charge in [0.2, 0.25) is 23.6 Å². The molecule has 0 bridgehead atoms. The van der Waals surface area contributed by atoms with Crippen molar-refractivity contribution in [1.29, 1.82) is 0 Å². The molecule has 3 aromatic carbocycles. The van der Waals surface area contributed by atoms with Crippen LogP contribution in [0.1, 0.15) is 41.6 Å². The van der Waals surface area contributed by atoms with Crippen LogP contribution >= 0.6 is 11.6 Å². The van der Waals surface area contributed by atoms with E-state index in [1.165, 1.54) is 41.3 Å². The van der Waals surface area contributed by atoms with Crippen LogP contribution in [0.15, 0.2) is 84.4 Å². The second-order valence-electron chi connectivity index (χ2n) is 12.1. The Bertz CT molecular complexity index is 1820. The Labute approximate surface area is 257 Å². The van der Waals surface area contributed by atoms with E-state index in [1.807, 2.05) is 6.08 Å². The number of amides is 4. The maximum Gasteiger partial charge on any atom is 0.335 e. The fourth-order valence-electron chi connectivity index (χ4n) is 7.97. The number of aromatic carboxylic acids is 1. The number of nitrogens with zero attached hydrogens (tertiary/aromatic N) is 2. The minimum atomic E-state index is -1.31. The molecule has 10 heteroatoms. The number of para-hydroxylation sites is 1. The summed E-state index contributed by atoms with van der Waals surface area (Å²) in [5, 5.41) is 20.9. The van der Waals surface area contributed by atoms with Crippen molar-refractivity contribution in [3.63, 3.8) is 0 Å². The number of allylic oxidation sites excluding steroid dienone is 2. The van der Waals surface area contributed by atoms with Crippen LogP contribution in [0.2, 0.25) is 5.02 Å². The molecule has 4 amide bonds. The second kappa shape index (κ2) is 9.89. The highest BCUT2D eigenvalue weighted by atomic mass is 35.5. The van der Waals surface area contributed by atoms with Crippen LogP contribution in [-0.2, 0) is 19.2 Å². The Morgan fingerprint density at radius 3 is 2.32 bits per heavy atom. The molecule has 1 saturated carbocycles. The maximum atomic E-state index is 14.4. The van der Waals surface area contributed by atoms with E-state index < -0.39 is 64.6 Å². The number of benzene rings is 3. The van der Waals surface area contributed by atoms with Crippen LogP contribution in [-0.4, -0.2) is 39.8 Å². The SMILES string of the molecule is CC12C(=O)N(c3ccccc3)C(=O)C1CC1C(=CCC3C(=O)N(c4cccc(C(=O)O)c4)C(=O)C31)C2c1cc(Cl)ccc1O. The van der Waals surface area contributed by atoms with Crippen LogP contribution < -0.4 is 9.80 Å². The topological polar surface area (TPSA) is 132 Å². The molecule has 0 radical (unpaired) electrons. The van der Waals surface area contributed by atoms with Crippen molar-refractivity contribution < 1.29 is 34.2 Å². The summed E-state index contributed by atoms with van der Waals surface area (Å²) in [6.07, 6.45) is 2.24. The van der Waals surface area contributed by atoms with E-state index in [2.05, 4.69) is 0 Å². The summed E-state index contributed by atoms with van der Waals surface area (Å²) in [6.45, 7) is 1.74. The first-order valence-corrected chi connectivity index (χ1v) is 14.7. The Morgan fingerprint density at radius 2 is 1.59 bits per heavy atom. The molecule has 222 valence electrons. The van der Waals surface area contributed by atoms with Gasteiger partial charge in [0, 0.05) is 16.5 Å². The van der Waals surface area contributed by atoms with Gasteiger partial charge in [-0.1, -0.05) is 47.5 Å². The number of aromatic hydroxyl groups is 1. The molecule has 0 aromatic heterocycles. The molecule has 6 unspecified atom stereocenters. The van der Waals surface area contributed by atoms with Gasteiger partial charge in [0.1, 0.15) is 5.75 Å². The molecule has 6 atom stereocenters. The number of anilines is 2. The molecule has 3 aromatic rings. The Kier molecular flexibility index (Phi) is 6.30. The van der Waals surface area contributed by atoms with E-state index in [-0.39, 0.29) is 29.8 Å². The highest BCUT2D eigenvalue weighted by Crippen LogP contribution is 2.64. The Balaban J connectivity index is 1.37. The van der Waals surface area contributed by atoms with Gasteiger partial charge in [-0.2, -0.15) is 0 Å². The minimum absolute atomic E-state index is 0.0576. The summed E-state index contributed by atoms with van der Waals surface area (Å²) in [5.74, 6) is -6.82. The third-order valence-corrected chi connectivity index (χ3v) is 10.2. The number of rotatable bonds is 4. The maximum absolute atomic E-state index is 14.4. The predicted octanol–water partition coefficient (Wildman–Crippen LogP) is 5.18. The number of phenols is 1. The number of hydrogen-bond donors (Lipinski definition) is 2. The number of hydrogen-bond acceptors (Lipinski definition) is 6. The minimum Gasteiger partial charge on any atom is -0.508 e. The third-order valence-electron chi connectivity index (χ3n) is 9.94. The molecule has 2 aliphatic carbocycles. The van der Waals surface area contributed by atoms with E-state index >= 15 is 0 Å². The van der Waals surface area contributed by atoms with Gasteiger partial charge in [0.05, 0.1) is 40.1 Å². The normalized spacial score (nSPS) is 29.3. The first-order chi connectivity index (χ1) is 21.0. The van der Waals surface area contributed by atoms with E-state index in [4.69, 9.17) is 11.6 Å². The van der Waals surface area contributed by atoms with E-state index in [1.54, 1.807) is 43.3 Å². The summed E-state index contributed by atoms with van der Waals surface area (Å²) < 4.78 is 0. The fraction of sp³-hybridized carbons (Fsp3) is 0.265. The summed E-state index contributed by atoms with van der Waals surface area (Å²) in [4.78, 5) is 70.3. The smallest absolute Gasteiger partial charge is 0.335 e. The molecular formula is C34H27ClN2O7. The standard InChI is InChI=1S/C34H27ClN2O7/c1-34-25(30(40)37(33(34)44)19-7-3-2-4-8-19)16-23-21(28(34)24-15-18(35)10-13-26(24)38)11-12-22-27(23)31(41)36(29(22)39)20-9-5-6-17(14-20)32(42)43/h2-11,13-15,22-23,25,27-28,38H,12,16H2,1H3,(H,42,43). The van der Waals surface area contributed by atoms with Crippen molar-refractivity contribution in [1.82, 2.24) is 0 Å². The Morgan fingerprint density at radius 1 is 0.864 bits per heavy atom. The van der Waals surface area contributed by atoms with Crippen LogP contribution in [0.4, 0.5) is 11.4 Å². The number of carboxylic acid groups (broad SMARTS) is 1. The van der Waals surface area contributed by atoms with Gasteiger partial charge < -0.3 is 10.2 Å². The van der Waals surface area contributed by atoms with Crippen LogP contribution in [0.3, 0.4) is 0 Å². The molecular weight excluding hydrogens is 584 g/mol. The number of carbonyl (C=O) groups excluding carboxylic acids is 4. The first-order valence-electron chi connectivity index (χ1n) is 14.4. The monoisotopic (exact) mass is 610 g/mol. The number of carboxylic acids is 1. The van der Waals surface area contributed by atoms with E-state index in [0.29, 0.717) is 21.8 Å². The van der Waals surface area contributed by atoms with Gasteiger partial charge in [-0.25, -0.2) is 9.69 Å².